The number of hydrogen-bond donors (Lipinski definition) is 1. The van der Waals surface area contributed by atoms with Crippen LogP contribution in [0.4, 0.5) is 0 Å². The molecule has 1 aromatic carbocycles. The first-order chi connectivity index (χ1) is 8.08. The minimum atomic E-state index is -0.908. The lowest BCUT2D eigenvalue weighted by molar-refractivity contribution is 0.0697. The molecule has 0 aliphatic heterocycles. The first-order valence-corrected chi connectivity index (χ1v) is 5.32. The van der Waals surface area contributed by atoms with Gasteiger partial charge in [0.25, 0.3) is 0 Å². The predicted octanol–water partition coefficient (Wildman–Crippen LogP) is 2.58. The van der Waals surface area contributed by atoms with Crippen molar-refractivity contribution in [1.29, 1.82) is 0 Å². The fourth-order valence-electron chi connectivity index (χ4n) is 1.72. The van der Waals surface area contributed by atoms with E-state index < -0.39 is 5.97 Å². The molecule has 0 bridgehead atoms. The molecule has 2 rings (SSSR count). The van der Waals surface area contributed by atoms with Crippen molar-refractivity contribution in [2.24, 2.45) is 0 Å². The SMILES string of the molecule is Cc1noc(C)c1Cc1ccc(C(=O)O)cc1. The second-order valence-corrected chi connectivity index (χ2v) is 3.98. The second kappa shape index (κ2) is 4.41. The zero-order valence-electron chi connectivity index (χ0n) is 9.73. The quantitative estimate of drug-likeness (QED) is 0.881. The second-order valence-electron chi connectivity index (χ2n) is 3.98. The van der Waals surface area contributed by atoms with Gasteiger partial charge in [-0.1, -0.05) is 17.3 Å². The van der Waals surface area contributed by atoms with Gasteiger partial charge in [0.15, 0.2) is 0 Å². The third kappa shape index (κ3) is 2.36. The van der Waals surface area contributed by atoms with E-state index in [1.165, 1.54) is 0 Å². The number of hydrogen-bond acceptors (Lipinski definition) is 3. The lowest BCUT2D eigenvalue weighted by atomic mass is 10.0. The highest BCUT2D eigenvalue weighted by Crippen LogP contribution is 2.17. The van der Waals surface area contributed by atoms with Gasteiger partial charge in [-0.25, -0.2) is 4.79 Å². The molecule has 1 aromatic heterocycles. The third-order valence-corrected chi connectivity index (χ3v) is 2.76. The molecule has 0 amide bonds. The summed E-state index contributed by atoms with van der Waals surface area (Å²) in [6.45, 7) is 3.78. The lowest BCUT2D eigenvalue weighted by Crippen LogP contribution is -1.97. The van der Waals surface area contributed by atoms with Crippen LogP contribution < -0.4 is 0 Å². The van der Waals surface area contributed by atoms with Gasteiger partial charge in [-0.3, -0.25) is 0 Å². The lowest BCUT2D eigenvalue weighted by Gasteiger charge is -2.01. The van der Waals surface area contributed by atoms with Gasteiger partial charge in [-0.2, -0.15) is 0 Å². The van der Waals surface area contributed by atoms with Gasteiger partial charge in [0, 0.05) is 12.0 Å². The van der Waals surface area contributed by atoms with Crippen molar-refractivity contribution >= 4 is 5.97 Å². The summed E-state index contributed by atoms with van der Waals surface area (Å²) in [4.78, 5) is 10.7. The largest absolute Gasteiger partial charge is 0.478 e. The van der Waals surface area contributed by atoms with Crippen LogP contribution in [0.3, 0.4) is 0 Å². The van der Waals surface area contributed by atoms with Crippen LogP contribution >= 0.6 is 0 Å². The Morgan fingerprint density at radius 1 is 1.29 bits per heavy atom. The number of nitrogens with zero attached hydrogens (tertiary/aromatic N) is 1. The van der Waals surface area contributed by atoms with E-state index in [9.17, 15) is 4.79 Å². The van der Waals surface area contributed by atoms with E-state index in [4.69, 9.17) is 9.63 Å². The van der Waals surface area contributed by atoms with Crippen molar-refractivity contribution in [3.8, 4) is 0 Å². The van der Waals surface area contributed by atoms with E-state index in [1.54, 1.807) is 12.1 Å². The number of carbonyl (C=O) groups is 1. The zero-order valence-corrected chi connectivity index (χ0v) is 9.73. The van der Waals surface area contributed by atoms with Gasteiger partial charge in [0.2, 0.25) is 0 Å². The summed E-state index contributed by atoms with van der Waals surface area (Å²) in [5.41, 5.74) is 3.29. The zero-order chi connectivity index (χ0) is 12.4. The van der Waals surface area contributed by atoms with E-state index in [-0.39, 0.29) is 0 Å². The molecule has 0 saturated heterocycles. The predicted molar refractivity (Wildman–Crippen MR) is 62.2 cm³/mol. The summed E-state index contributed by atoms with van der Waals surface area (Å²) in [5, 5.41) is 12.7. The molecule has 0 atom stereocenters. The number of carboxylic acids is 1. The Morgan fingerprint density at radius 3 is 2.41 bits per heavy atom. The summed E-state index contributed by atoms with van der Waals surface area (Å²) in [7, 11) is 0. The molecular weight excluding hydrogens is 218 g/mol. The molecule has 0 spiro atoms. The average Bonchev–Trinajstić information content (AvgIpc) is 2.61. The smallest absolute Gasteiger partial charge is 0.335 e. The van der Waals surface area contributed by atoms with Crippen LogP contribution in [0.1, 0.15) is 32.9 Å². The molecule has 1 N–H and O–H groups in total. The summed E-state index contributed by atoms with van der Waals surface area (Å²) in [6.07, 6.45) is 0.709. The van der Waals surface area contributed by atoms with Crippen molar-refractivity contribution < 1.29 is 14.4 Å². The van der Waals surface area contributed by atoms with Crippen molar-refractivity contribution in [3.05, 3.63) is 52.4 Å². The van der Waals surface area contributed by atoms with E-state index in [2.05, 4.69) is 5.16 Å². The van der Waals surface area contributed by atoms with E-state index in [0.717, 1.165) is 22.6 Å². The Balaban J connectivity index is 2.22. The molecule has 0 radical (unpaired) electrons. The normalized spacial score (nSPS) is 10.5. The first kappa shape index (κ1) is 11.4. The molecule has 2 aromatic rings. The van der Waals surface area contributed by atoms with Crippen LogP contribution in [0.2, 0.25) is 0 Å². The molecule has 17 heavy (non-hydrogen) atoms. The molecule has 88 valence electrons. The Hall–Kier alpha value is -2.10. The standard InChI is InChI=1S/C13H13NO3/c1-8-12(9(2)17-14-8)7-10-3-5-11(6-4-10)13(15)16/h3-6H,7H2,1-2H3,(H,15,16). The van der Waals surface area contributed by atoms with E-state index in [0.29, 0.717) is 12.0 Å². The van der Waals surface area contributed by atoms with Crippen LogP contribution in [-0.2, 0) is 6.42 Å². The third-order valence-electron chi connectivity index (χ3n) is 2.76. The van der Waals surface area contributed by atoms with Crippen LogP contribution in [0, 0.1) is 13.8 Å². The molecular formula is C13H13NO3. The van der Waals surface area contributed by atoms with Gasteiger partial charge in [0.05, 0.1) is 11.3 Å². The number of rotatable bonds is 3. The summed E-state index contributed by atoms with van der Waals surface area (Å²) < 4.78 is 5.09. The van der Waals surface area contributed by atoms with Crippen molar-refractivity contribution in [1.82, 2.24) is 5.16 Å². The maximum Gasteiger partial charge on any atom is 0.335 e. The molecule has 0 aliphatic carbocycles. The highest BCUT2D eigenvalue weighted by Gasteiger charge is 2.10. The number of benzene rings is 1. The average molecular weight is 231 g/mol. The van der Waals surface area contributed by atoms with Gasteiger partial charge >= 0.3 is 5.97 Å². The maximum absolute atomic E-state index is 10.7. The van der Waals surface area contributed by atoms with E-state index in [1.807, 2.05) is 26.0 Å². The van der Waals surface area contributed by atoms with Crippen LogP contribution in [0.15, 0.2) is 28.8 Å². The van der Waals surface area contributed by atoms with Gasteiger partial charge in [-0.05, 0) is 31.5 Å². The van der Waals surface area contributed by atoms with Crippen LogP contribution in [-0.4, -0.2) is 16.2 Å². The Kier molecular flexibility index (Phi) is 2.95. The molecule has 0 aliphatic rings. The van der Waals surface area contributed by atoms with E-state index >= 15 is 0 Å². The monoisotopic (exact) mass is 231 g/mol. The maximum atomic E-state index is 10.7. The Morgan fingerprint density at radius 2 is 1.94 bits per heavy atom. The van der Waals surface area contributed by atoms with Gasteiger partial charge in [0.1, 0.15) is 5.76 Å². The topological polar surface area (TPSA) is 63.3 Å². The van der Waals surface area contributed by atoms with Gasteiger partial charge < -0.3 is 9.63 Å². The Labute approximate surface area is 98.9 Å². The van der Waals surface area contributed by atoms with Crippen molar-refractivity contribution in [2.45, 2.75) is 20.3 Å². The molecule has 4 heteroatoms. The summed E-state index contributed by atoms with van der Waals surface area (Å²) in [6, 6.07) is 6.84. The minimum Gasteiger partial charge on any atom is -0.478 e. The number of aromatic carboxylic acids is 1. The van der Waals surface area contributed by atoms with Crippen molar-refractivity contribution in [2.75, 3.05) is 0 Å². The first-order valence-electron chi connectivity index (χ1n) is 5.32. The minimum absolute atomic E-state index is 0.299. The summed E-state index contributed by atoms with van der Waals surface area (Å²) in [5.74, 6) is -0.0984. The number of aromatic nitrogens is 1. The fraction of sp³-hybridized carbons (Fsp3) is 0.231. The van der Waals surface area contributed by atoms with Gasteiger partial charge in [-0.15, -0.1) is 0 Å². The van der Waals surface area contributed by atoms with Crippen LogP contribution in [0.5, 0.6) is 0 Å². The van der Waals surface area contributed by atoms with Crippen molar-refractivity contribution in [3.63, 3.8) is 0 Å². The highest BCUT2D eigenvalue weighted by atomic mass is 16.5. The highest BCUT2D eigenvalue weighted by molar-refractivity contribution is 5.87. The Bertz CT molecular complexity index is 521. The molecule has 0 fully saturated rings. The molecule has 4 nitrogen and oxygen atoms in total. The number of carboxylic acid groups (broad SMARTS) is 1. The van der Waals surface area contributed by atoms with Crippen LogP contribution in [0.25, 0.3) is 0 Å². The molecule has 0 saturated carbocycles. The fourth-order valence-corrected chi connectivity index (χ4v) is 1.72. The number of aryl methyl sites for hydroxylation is 2. The molecule has 0 unspecified atom stereocenters. The summed E-state index contributed by atoms with van der Waals surface area (Å²) >= 11 is 0. The molecule has 1 heterocycles.